The summed E-state index contributed by atoms with van der Waals surface area (Å²) in [5.74, 6) is 1.75. The molecule has 2 aromatic carbocycles. The maximum Gasteiger partial charge on any atom is 0.253 e. The van der Waals surface area contributed by atoms with Crippen LogP contribution in [0.3, 0.4) is 0 Å². The lowest BCUT2D eigenvalue weighted by molar-refractivity contribution is 0.00788. The van der Waals surface area contributed by atoms with E-state index < -0.39 is 5.24 Å². The number of morpholine rings is 2. The smallest absolute Gasteiger partial charge is 0.253 e. The van der Waals surface area contributed by atoms with Gasteiger partial charge in [0.2, 0.25) is 0 Å². The lowest BCUT2D eigenvalue weighted by Crippen LogP contribution is -2.46. The van der Waals surface area contributed by atoms with Gasteiger partial charge >= 0.3 is 0 Å². The highest BCUT2D eigenvalue weighted by Gasteiger charge is 2.29. The summed E-state index contributed by atoms with van der Waals surface area (Å²) < 4.78 is 13.2. The van der Waals surface area contributed by atoms with Crippen molar-refractivity contribution in [3.63, 3.8) is 0 Å². The van der Waals surface area contributed by atoms with Gasteiger partial charge in [0.15, 0.2) is 0 Å². The molecular weight excluding hydrogens is 830 g/mol. The molecule has 4 aromatic heterocycles. The second-order valence-corrected chi connectivity index (χ2v) is 18.9. The van der Waals surface area contributed by atoms with E-state index in [0.29, 0.717) is 35.3 Å². The van der Waals surface area contributed by atoms with Gasteiger partial charge in [-0.1, -0.05) is 7.43 Å². The van der Waals surface area contributed by atoms with Crippen LogP contribution >= 0.6 is 34.3 Å². The van der Waals surface area contributed by atoms with Crippen LogP contribution < -0.4 is 10.6 Å². The number of thiophene rings is 2. The molecule has 0 bridgehead atoms. The molecule has 4 aliphatic rings. The Hall–Kier alpha value is -4.09. The second kappa shape index (κ2) is 19.5. The van der Waals surface area contributed by atoms with Crippen molar-refractivity contribution >= 4 is 97.7 Å². The molecule has 0 unspecified atom stereocenters. The minimum absolute atomic E-state index is 0. The van der Waals surface area contributed by atoms with Gasteiger partial charge in [0.05, 0.1) is 37.2 Å². The Morgan fingerprint density at radius 3 is 1.51 bits per heavy atom. The summed E-state index contributed by atoms with van der Waals surface area (Å²) >= 11 is 8.97. The lowest BCUT2D eigenvalue weighted by atomic mass is 9.90. The molecule has 2 N–H and O–H groups in total. The number of benzene rings is 2. The summed E-state index contributed by atoms with van der Waals surface area (Å²) in [6.45, 7) is 7.66. The zero-order chi connectivity index (χ0) is 41.2. The number of amides is 1. The predicted octanol–water partition coefficient (Wildman–Crippen LogP) is 8.52. The van der Waals surface area contributed by atoms with E-state index in [1.54, 1.807) is 60.4 Å². The van der Waals surface area contributed by atoms with Crippen LogP contribution in [0, 0.1) is 0 Å². The first kappa shape index (κ1) is 43.6. The van der Waals surface area contributed by atoms with E-state index in [2.05, 4.69) is 40.4 Å². The number of nitrogens with zero attached hydrogens (tertiary/aromatic N) is 7. The maximum absolute atomic E-state index is 12.5. The first-order chi connectivity index (χ1) is 29.3. The van der Waals surface area contributed by atoms with Gasteiger partial charge in [-0.3, -0.25) is 19.4 Å². The molecule has 13 nitrogen and oxygen atoms in total. The standard InChI is InChI=1S/C23H29N5O2S.C21H23ClN4O2S.CH4/c1-27(2)23(29)15-3-8-19-18(13-15)20-21(24-14-25-22(20)31-19)26-16-4-6-17(7-5-16)28-9-11-30-12-10-28;22-19(27)13-1-6-17-16(11-13)18-20(23-12-24-21(18)29-17)25-14-2-4-15(5-3-14)26-7-9-28-10-8-26;/h3,8,13-14,16-17H,4-7,9-12H2,1-2H3,(H,24,25,26);1,6,11-12,14-15H,2-5,7-10H2,(H,23,24,25);1H4. The second-order valence-electron chi connectivity index (χ2n) is 16.5. The van der Waals surface area contributed by atoms with E-state index in [0.717, 1.165) is 131 Å². The molecule has 1 amide bonds. The summed E-state index contributed by atoms with van der Waals surface area (Å²) in [7, 11) is 3.56. The molecule has 2 aliphatic heterocycles. The van der Waals surface area contributed by atoms with E-state index in [9.17, 15) is 9.59 Å². The Bertz CT molecular complexity index is 2470. The Morgan fingerprint density at radius 1 is 0.656 bits per heavy atom. The number of fused-ring (bicyclic) bond motifs is 6. The van der Waals surface area contributed by atoms with Crippen LogP contribution in [-0.2, 0) is 9.47 Å². The Kier molecular flexibility index (Phi) is 13.9. The van der Waals surface area contributed by atoms with Crippen molar-refractivity contribution in [2.45, 2.75) is 83.0 Å². The fraction of sp³-hybridized carbons (Fsp3) is 0.511. The van der Waals surface area contributed by atoms with Gasteiger partial charge in [-0.2, -0.15) is 0 Å². The third kappa shape index (κ3) is 9.63. The van der Waals surface area contributed by atoms with Crippen LogP contribution in [0.15, 0.2) is 49.1 Å². The highest BCUT2D eigenvalue weighted by molar-refractivity contribution is 7.26. The van der Waals surface area contributed by atoms with Crippen LogP contribution in [0.2, 0.25) is 0 Å². The monoisotopic (exact) mass is 885 g/mol. The zero-order valence-electron chi connectivity index (χ0n) is 34.2. The number of rotatable bonds is 8. The summed E-state index contributed by atoms with van der Waals surface area (Å²) in [5.41, 5.74) is 1.19. The van der Waals surface area contributed by atoms with Gasteiger partial charge < -0.3 is 25.0 Å². The predicted molar refractivity (Wildman–Crippen MR) is 249 cm³/mol. The van der Waals surface area contributed by atoms with Crippen LogP contribution in [0.1, 0.15) is 79.5 Å². The normalized spacial score (nSPS) is 22.7. The Balaban J connectivity index is 0.000000166. The molecule has 324 valence electrons. The van der Waals surface area contributed by atoms with Crippen LogP contribution in [0.5, 0.6) is 0 Å². The van der Waals surface area contributed by atoms with Crippen molar-refractivity contribution in [2.24, 2.45) is 0 Å². The highest BCUT2D eigenvalue weighted by atomic mass is 35.5. The molecule has 0 spiro atoms. The quantitative estimate of drug-likeness (QED) is 0.142. The van der Waals surface area contributed by atoms with Gasteiger partial charge in [0.25, 0.3) is 11.1 Å². The molecule has 2 saturated heterocycles. The van der Waals surface area contributed by atoms with E-state index in [1.165, 1.54) is 25.7 Å². The third-order valence-electron chi connectivity index (χ3n) is 12.6. The number of carbonyl (C=O) groups excluding carboxylic acids is 2. The van der Waals surface area contributed by atoms with Crippen LogP contribution in [-0.4, -0.2) is 137 Å². The third-order valence-corrected chi connectivity index (χ3v) is 15.0. The van der Waals surface area contributed by atoms with E-state index >= 15 is 0 Å². The van der Waals surface area contributed by atoms with Crippen molar-refractivity contribution in [1.82, 2.24) is 34.6 Å². The lowest BCUT2D eigenvalue weighted by Gasteiger charge is -2.39. The minimum Gasteiger partial charge on any atom is -0.379 e. The first-order valence-electron chi connectivity index (χ1n) is 21.2. The first-order valence-corrected chi connectivity index (χ1v) is 23.2. The molecule has 0 atom stereocenters. The van der Waals surface area contributed by atoms with Gasteiger partial charge in [0, 0.05) is 95.7 Å². The van der Waals surface area contributed by atoms with Gasteiger partial charge in [-0.05, 0) is 99.4 Å². The highest BCUT2D eigenvalue weighted by Crippen LogP contribution is 2.39. The zero-order valence-corrected chi connectivity index (χ0v) is 36.6. The van der Waals surface area contributed by atoms with Crippen molar-refractivity contribution in [2.75, 3.05) is 77.3 Å². The summed E-state index contributed by atoms with van der Waals surface area (Å²) in [4.78, 5) is 50.9. The molecule has 61 heavy (non-hydrogen) atoms. The number of hydrogen-bond acceptors (Lipinski definition) is 14. The number of hydrogen-bond donors (Lipinski definition) is 2. The topological polar surface area (TPSA) is 138 Å². The van der Waals surface area contributed by atoms with Crippen LogP contribution in [0.4, 0.5) is 11.6 Å². The fourth-order valence-electron chi connectivity index (χ4n) is 9.39. The van der Waals surface area contributed by atoms with Crippen molar-refractivity contribution in [3.05, 3.63) is 60.2 Å². The molecule has 4 fully saturated rings. The molecule has 2 saturated carbocycles. The van der Waals surface area contributed by atoms with Gasteiger partial charge in [-0.25, -0.2) is 19.9 Å². The number of aromatic nitrogens is 4. The fourth-order valence-corrected chi connectivity index (χ4v) is 11.6. The average molecular weight is 887 g/mol. The van der Waals surface area contributed by atoms with E-state index in [-0.39, 0.29) is 13.3 Å². The van der Waals surface area contributed by atoms with Crippen molar-refractivity contribution in [3.8, 4) is 0 Å². The number of halogens is 1. The number of nitrogens with one attached hydrogen (secondary N) is 2. The molecular formula is C45H56ClN9O4S2. The maximum atomic E-state index is 12.5. The number of anilines is 2. The summed E-state index contributed by atoms with van der Waals surface area (Å²) in [5, 5.41) is 11.0. The molecule has 16 heteroatoms. The molecule has 6 heterocycles. The van der Waals surface area contributed by atoms with E-state index in [1.807, 2.05) is 30.3 Å². The molecule has 6 aromatic rings. The Morgan fingerprint density at radius 2 is 1.08 bits per heavy atom. The molecule has 2 aliphatic carbocycles. The average Bonchev–Trinajstić information content (AvgIpc) is 3.86. The van der Waals surface area contributed by atoms with Crippen molar-refractivity contribution < 1.29 is 19.1 Å². The molecule has 10 rings (SSSR count). The number of ether oxygens (including phenoxy) is 2. The SMILES string of the molecule is C.CN(C)C(=O)c1ccc2sc3ncnc(NC4CCC(N5CCOCC5)CC4)c3c2c1.O=C(Cl)c1ccc2sc3ncnc(NC4CCC(N5CCOCC5)CC4)c3c2c1. The summed E-state index contributed by atoms with van der Waals surface area (Å²) in [6.07, 6.45) is 12.6. The minimum atomic E-state index is -0.445. The van der Waals surface area contributed by atoms with Crippen molar-refractivity contribution in [1.29, 1.82) is 0 Å². The molecule has 0 radical (unpaired) electrons. The van der Waals surface area contributed by atoms with Gasteiger partial charge in [-0.15, -0.1) is 22.7 Å². The van der Waals surface area contributed by atoms with E-state index in [4.69, 9.17) is 21.1 Å². The largest absolute Gasteiger partial charge is 0.379 e. The van der Waals surface area contributed by atoms with Gasteiger partial charge in [0.1, 0.15) is 34.0 Å². The summed E-state index contributed by atoms with van der Waals surface area (Å²) in [6, 6.07) is 13.6. The number of carbonyl (C=O) groups is 2. The van der Waals surface area contributed by atoms with Crippen LogP contribution in [0.25, 0.3) is 40.6 Å². The Labute approximate surface area is 370 Å².